The maximum atomic E-state index is 5.92. The van der Waals surface area contributed by atoms with E-state index in [9.17, 15) is 0 Å². The smallest absolute Gasteiger partial charge is 0.0594 e. The molecule has 0 saturated heterocycles. The first kappa shape index (κ1) is 15.3. The van der Waals surface area contributed by atoms with E-state index in [4.69, 9.17) is 16.3 Å². The van der Waals surface area contributed by atoms with E-state index in [1.165, 1.54) is 37.7 Å². The lowest BCUT2D eigenvalue weighted by molar-refractivity contribution is 0.0302. The van der Waals surface area contributed by atoms with Crippen molar-refractivity contribution in [3.63, 3.8) is 0 Å². The van der Waals surface area contributed by atoms with Crippen molar-refractivity contribution in [2.45, 2.75) is 44.8 Å². The van der Waals surface area contributed by atoms with Crippen LogP contribution in [0.1, 0.15) is 37.7 Å². The second-order valence-corrected chi connectivity index (χ2v) is 6.33. The van der Waals surface area contributed by atoms with Crippen LogP contribution >= 0.6 is 27.5 Å². The van der Waals surface area contributed by atoms with Gasteiger partial charge in [-0.15, -0.1) is 0 Å². The summed E-state index contributed by atoms with van der Waals surface area (Å²) < 4.78 is 6.93. The van der Waals surface area contributed by atoms with Crippen molar-refractivity contribution in [3.05, 3.63) is 33.3 Å². The maximum absolute atomic E-state index is 5.92. The molecule has 1 aromatic rings. The average Bonchev–Trinajstić information content (AvgIpc) is 2.42. The molecule has 0 unspecified atom stereocenters. The van der Waals surface area contributed by atoms with Gasteiger partial charge in [0.25, 0.3) is 0 Å². The van der Waals surface area contributed by atoms with E-state index < -0.39 is 0 Å². The topological polar surface area (TPSA) is 21.3 Å². The van der Waals surface area contributed by atoms with Crippen molar-refractivity contribution in [2.24, 2.45) is 0 Å². The first-order valence-corrected chi connectivity index (χ1v) is 8.19. The minimum atomic E-state index is 0.498. The fourth-order valence-corrected chi connectivity index (χ4v) is 3.24. The lowest BCUT2D eigenvalue weighted by atomic mass is 9.98. The van der Waals surface area contributed by atoms with E-state index in [0.717, 1.165) is 29.2 Å². The number of halogens is 2. The van der Waals surface area contributed by atoms with Gasteiger partial charge in [0, 0.05) is 22.6 Å². The summed E-state index contributed by atoms with van der Waals surface area (Å²) in [4.78, 5) is 0. The van der Waals surface area contributed by atoms with Gasteiger partial charge in [-0.05, 0) is 30.5 Å². The van der Waals surface area contributed by atoms with E-state index in [1.807, 2.05) is 18.2 Å². The zero-order valence-corrected chi connectivity index (χ0v) is 13.5. The minimum absolute atomic E-state index is 0.498. The van der Waals surface area contributed by atoms with E-state index in [0.29, 0.717) is 6.10 Å². The normalized spacial score (nSPS) is 16.7. The number of benzene rings is 1. The molecule has 2 nitrogen and oxygen atoms in total. The largest absolute Gasteiger partial charge is 0.377 e. The highest BCUT2D eigenvalue weighted by molar-refractivity contribution is 9.10. The molecule has 1 saturated carbocycles. The van der Waals surface area contributed by atoms with Gasteiger partial charge in [-0.25, -0.2) is 0 Å². The highest BCUT2D eigenvalue weighted by Crippen LogP contribution is 2.21. The van der Waals surface area contributed by atoms with Gasteiger partial charge in [0.1, 0.15) is 0 Å². The summed E-state index contributed by atoms with van der Waals surface area (Å²) in [6, 6.07) is 5.89. The van der Waals surface area contributed by atoms with Gasteiger partial charge in [0.05, 0.1) is 12.7 Å². The molecule has 1 N–H and O–H groups in total. The molecule has 2 rings (SSSR count). The molecular formula is C15H21BrClNO. The Labute approximate surface area is 129 Å². The Morgan fingerprint density at radius 3 is 2.79 bits per heavy atom. The zero-order chi connectivity index (χ0) is 13.5. The summed E-state index contributed by atoms with van der Waals surface area (Å²) in [5.74, 6) is 0. The first-order valence-electron chi connectivity index (χ1n) is 7.02. The molecule has 0 amide bonds. The number of nitrogens with one attached hydrogen (secondary N) is 1. The second-order valence-electron chi connectivity index (χ2n) is 5.04. The van der Waals surface area contributed by atoms with Gasteiger partial charge < -0.3 is 10.1 Å². The molecule has 1 aromatic carbocycles. The molecule has 1 aliphatic carbocycles. The van der Waals surface area contributed by atoms with E-state index in [-0.39, 0.29) is 0 Å². The van der Waals surface area contributed by atoms with Crippen LogP contribution in [0.2, 0.25) is 5.02 Å². The molecule has 0 radical (unpaired) electrons. The fraction of sp³-hybridized carbons (Fsp3) is 0.600. The molecule has 0 spiro atoms. The Morgan fingerprint density at radius 2 is 2.05 bits per heavy atom. The van der Waals surface area contributed by atoms with Crippen molar-refractivity contribution in [2.75, 3.05) is 13.2 Å². The van der Waals surface area contributed by atoms with Crippen LogP contribution in [-0.4, -0.2) is 19.3 Å². The minimum Gasteiger partial charge on any atom is -0.377 e. The molecule has 0 heterocycles. The summed E-state index contributed by atoms with van der Waals surface area (Å²) in [6.07, 6.45) is 7.01. The Hall–Kier alpha value is -0.0900. The number of ether oxygens (including phenoxy) is 1. The third kappa shape index (κ3) is 5.42. The zero-order valence-electron chi connectivity index (χ0n) is 11.1. The quantitative estimate of drug-likeness (QED) is 0.763. The summed E-state index contributed by atoms with van der Waals surface area (Å²) >= 11 is 9.44. The molecule has 4 heteroatoms. The predicted molar refractivity (Wildman–Crippen MR) is 83.7 cm³/mol. The monoisotopic (exact) mass is 345 g/mol. The van der Waals surface area contributed by atoms with E-state index >= 15 is 0 Å². The van der Waals surface area contributed by atoms with Crippen LogP contribution in [-0.2, 0) is 11.3 Å². The second kappa shape index (κ2) is 8.25. The summed E-state index contributed by atoms with van der Waals surface area (Å²) in [6.45, 7) is 2.53. The van der Waals surface area contributed by atoms with Gasteiger partial charge in [0.15, 0.2) is 0 Å². The summed E-state index contributed by atoms with van der Waals surface area (Å²) in [5.41, 5.74) is 1.22. The van der Waals surface area contributed by atoms with Crippen molar-refractivity contribution in [1.82, 2.24) is 5.32 Å². The van der Waals surface area contributed by atoms with Crippen LogP contribution in [0.3, 0.4) is 0 Å². The van der Waals surface area contributed by atoms with Crippen LogP contribution in [0.5, 0.6) is 0 Å². The third-order valence-electron chi connectivity index (χ3n) is 3.52. The predicted octanol–water partition coefficient (Wildman–Crippen LogP) is 4.54. The van der Waals surface area contributed by atoms with Crippen LogP contribution in [0, 0.1) is 0 Å². The van der Waals surface area contributed by atoms with Gasteiger partial charge >= 0.3 is 0 Å². The number of hydrogen-bond donors (Lipinski definition) is 1. The molecular weight excluding hydrogens is 326 g/mol. The van der Waals surface area contributed by atoms with Gasteiger partial charge in [0.2, 0.25) is 0 Å². The van der Waals surface area contributed by atoms with Crippen LogP contribution in [0.15, 0.2) is 22.7 Å². The number of hydrogen-bond acceptors (Lipinski definition) is 2. The fourth-order valence-electron chi connectivity index (χ4n) is 2.42. The molecule has 1 aliphatic rings. The lowest BCUT2D eigenvalue weighted by Crippen LogP contribution is -2.24. The van der Waals surface area contributed by atoms with Crippen LogP contribution < -0.4 is 5.32 Å². The van der Waals surface area contributed by atoms with Crippen LogP contribution in [0.4, 0.5) is 0 Å². The Balaban J connectivity index is 1.61. The molecule has 1 fully saturated rings. The average molecular weight is 347 g/mol. The van der Waals surface area contributed by atoms with E-state index in [2.05, 4.69) is 21.2 Å². The molecule has 0 atom stereocenters. The summed E-state index contributed by atoms with van der Waals surface area (Å²) in [7, 11) is 0. The Morgan fingerprint density at radius 1 is 1.26 bits per heavy atom. The highest BCUT2D eigenvalue weighted by Gasteiger charge is 2.12. The van der Waals surface area contributed by atoms with Crippen molar-refractivity contribution < 1.29 is 4.74 Å². The van der Waals surface area contributed by atoms with Gasteiger partial charge in [-0.2, -0.15) is 0 Å². The Kier molecular flexibility index (Phi) is 6.65. The molecule has 0 bridgehead atoms. The van der Waals surface area contributed by atoms with Gasteiger partial charge in [-0.3, -0.25) is 0 Å². The summed E-state index contributed by atoms with van der Waals surface area (Å²) in [5, 5.41) is 4.16. The standard InChI is InChI=1S/C15H21BrClNO/c16-15-10-13(17)7-6-12(15)11-18-8-9-19-14-4-2-1-3-5-14/h6-7,10,14,18H,1-5,8-9,11H2. The molecule has 0 aliphatic heterocycles. The van der Waals surface area contributed by atoms with Crippen molar-refractivity contribution >= 4 is 27.5 Å². The molecule has 106 valence electrons. The van der Waals surface area contributed by atoms with Crippen molar-refractivity contribution in [1.29, 1.82) is 0 Å². The molecule has 19 heavy (non-hydrogen) atoms. The van der Waals surface area contributed by atoms with Crippen LogP contribution in [0.25, 0.3) is 0 Å². The van der Waals surface area contributed by atoms with E-state index in [1.54, 1.807) is 0 Å². The number of rotatable bonds is 6. The van der Waals surface area contributed by atoms with Crippen molar-refractivity contribution in [3.8, 4) is 0 Å². The van der Waals surface area contributed by atoms with Gasteiger partial charge in [-0.1, -0.05) is 52.9 Å². The third-order valence-corrected chi connectivity index (χ3v) is 4.49. The maximum Gasteiger partial charge on any atom is 0.0594 e. The Bertz CT molecular complexity index is 394. The highest BCUT2D eigenvalue weighted by atomic mass is 79.9. The SMILES string of the molecule is Clc1ccc(CNCCOC2CCCCC2)c(Br)c1. The molecule has 0 aromatic heterocycles. The first-order chi connectivity index (χ1) is 9.25. The lowest BCUT2D eigenvalue weighted by Gasteiger charge is -2.22.